The molecular weight excluding hydrogens is 132 g/mol. The van der Waals surface area contributed by atoms with Crippen molar-refractivity contribution in [3.05, 3.63) is 54.1 Å². The Morgan fingerprint density at radius 2 is 1.91 bits per heavy atom. The molecule has 1 radical (unpaired) electrons. The van der Waals surface area contributed by atoms with Crippen LogP contribution in [0.2, 0.25) is 0 Å². The van der Waals surface area contributed by atoms with Gasteiger partial charge in [-0.3, -0.25) is 0 Å². The number of hydrogen-bond acceptors (Lipinski definition) is 0. The third-order valence-corrected chi connectivity index (χ3v) is 1.46. The van der Waals surface area contributed by atoms with Gasteiger partial charge < -0.3 is 0 Å². The highest BCUT2D eigenvalue weighted by molar-refractivity contribution is 5.47. The van der Waals surface area contributed by atoms with E-state index >= 15 is 0 Å². The van der Waals surface area contributed by atoms with Crippen LogP contribution in [-0.2, 0) is 0 Å². The van der Waals surface area contributed by atoms with E-state index in [1.165, 1.54) is 0 Å². The van der Waals surface area contributed by atoms with E-state index in [4.69, 9.17) is 0 Å². The molecule has 55 valence electrons. The van der Waals surface area contributed by atoms with Crippen LogP contribution in [0.1, 0.15) is 18.1 Å². The normalized spacial score (nSPS) is 10.3. The van der Waals surface area contributed by atoms with E-state index in [1.54, 1.807) is 0 Å². The van der Waals surface area contributed by atoms with Crippen molar-refractivity contribution >= 4 is 6.08 Å². The summed E-state index contributed by atoms with van der Waals surface area (Å²) in [7, 11) is 0. The van der Waals surface area contributed by atoms with Gasteiger partial charge in [0.15, 0.2) is 0 Å². The van der Waals surface area contributed by atoms with Crippen molar-refractivity contribution < 1.29 is 0 Å². The highest BCUT2D eigenvalue weighted by atomic mass is 13.9. The van der Waals surface area contributed by atoms with Gasteiger partial charge in [-0.25, -0.2) is 0 Å². The molecular formula is C11H11. The second-order valence-electron chi connectivity index (χ2n) is 2.26. The number of rotatable bonds is 2. The Bertz CT molecular complexity index is 252. The van der Waals surface area contributed by atoms with Crippen molar-refractivity contribution in [3.63, 3.8) is 0 Å². The van der Waals surface area contributed by atoms with Gasteiger partial charge in [-0.1, -0.05) is 43.0 Å². The van der Waals surface area contributed by atoms with Gasteiger partial charge in [0.25, 0.3) is 0 Å². The Kier molecular flexibility index (Phi) is 2.67. The molecule has 0 spiro atoms. The SMILES string of the molecule is C=Cc1ccc(/[C]=C/C)cc1. The van der Waals surface area contributed by atoms with E-state index in [1.807, 2.05) is 43.3 Å². The van der Waals surface area contributed by atoms with Crippen molar-refractivity contribution in [3.8, 4) is 0 Å². The van der Waals surface area contributed by atoms with Crippen LogP contribution in [0.5, 0.6) is 0 Å². The molecule has 1 aromatic rings. The lowest BCUT2D eigenvalue weighted by molar-refractivity contribution is 1.52. The first-order chi connectivity index (χ1) is 5.36. The van der Waals surface area contributed by atoms with E-state index in [0.717, 1.165) is 11.1 Å². The summed E-state index contributed by atoms with van der Waals surface area (Å²) < 4.78 is 0. The van der Waals surface area contributed by atoms with E-state index in [-0.39, 0.29) is 0 Å². The molecule has 0 aliphatic carbocycles. The molecule has 0 aliphatic heterocycles. The predicted molar refractivity (Wildman–Crippen MR) is 49.1 cm³/mol. The zero-order chi connectivity index (χ0) is 8.10. The highest BCUT2D eigenvalue weighted by Gasteiger charge is 1.85. The zero-order valence-electron chi connectivity index (χ0n) is 6.67. The van der Waals surface area contributed by atoms with Crippen LogP contribution in [0.3, 0.4) is 0 Å². The fourth-order valence-corrected chi connectivity index (χ4v) is 0.882. The van der Waals surface area contributed by atoms with E-state index in [2.05, 4.69) is 12.7 Å². The van der Waals surface area contributed by atoms with Crippen molar-refractivity contribution in [2.45, 2.75) is 6.92 Å². The maximum absolute atomic E-state index is 3.68. The van der Waals surface area contributed by atoms with E-state index in [9.17, 15) is 0 Å². The third kappa shape index (κ3) is 2.08. The zero-order valence-corrected chi connectivity index (χ0v) is 6.67. The highest BCUT2D eigenvalue weighted by Crippen LogP contribution is 2.04. The topological polar surface area (TPSA) is 0 Å². The second kappa shape index (κ2) is 3.77. The van der Waals surface area contributed by atoms with Gasteiger partial charge in [-0.15, -0.1) is 0 Å². The van der Waals surface area contributed by atoms with Gasteiger partial charge in [0.2, 0.25) is 0 Å². The molecule has 0 heterocycles. The fraction of sp³-hybridized carbons (Fsp3) is 0.0909. The molecule has 0 saturated carbocycles. The molecule has 0 nitrogen and oxygen atoms in total. The molecule has 0 N–H and O–H groups in total. The molecule has 1 aromatic carbocycles. The molecule has 0 amide bonds. The maximum atomic E-state index is 3.68. The first kappa shape index (κ1) is 7.80. The monoisotopic (exact) mass is 143 g/mol. The average Bonchev–Trinajstić information content (AvgIpc) is 2.07. The molecule has 0 bridgehead atoms. The maximum Gasteiger partial charge on any atom is -0.0151 e. The fourth-order valence-electron chi connectivity index (χ4n) is 0.882. The van der Waals surface area contributed by atoms with Crippen LogP contribution in [-0.4, -0.2) is 0 Å². The largest absolute Gasteiger partial charge is 0.0985 e. The second-order valence-corrected chi connectivity index (χ2v) is 2.26. The lowest BCUT2D eigenvalue weighted by Gasteiger charge is -1.93. The van der Waals surface area contributed by atoms with Gasteiger partial charge in [0.1, 0.15) is 0 Å². The molecule has 0 saturated heterocycles. The molecule has 0 aliphatic rings. The molecule has 0 unspecified atom stereocenters. The average molecular weight is 143 g/mol. The molecule has 0 aromatic heterocycles. The molecule has 0 atom stereocenters. The van der Waals surface area contributed by atoms with Crippen LogP contribution in [0.4, 0.5) is 0 Å². The first-order valence-corrected chi connectivity index (χ1v) is 3.63. The number of benzene rings is 1. The van der Waals surface area contributed by atoms with Crippen molar-refractivity contribution in [2.75, 3.05) is 0 Å². The summed E-state index contributed by atoms with van der Waals surface area (Å²) in [6.45, 7) is 5.64. The van der Waals surface area contributed by atoms with Gasteiger partial charge in [-0.05, 0) is 24.1 Å². The molecule has 0 fully saturated rings. The van der Waals surface area contributed by atoms with Crippen molar-refractivity contribution in [1.29, 1.82) is 0 Å². The van der Waals surface area contributed by atoms with Crippen LogP contribution < -0.4 is 0 Å². The smallest absolute Gasteiger partial charge is 0.0151 e. The standard InChI is InChI=1S/C11H11/c1-3-5-11-8-6-10(4-2)7-9-11/h3-4,6-9H,2H2,1H3. The van der Waals surface area contributed by atoms with Crippen molar-refractivity contribution in [1.82, 2.24) is 0 Å². The molecule has 0 heteroatoms. The Hall–Kier alpha value is -1.30. The van der Waals surface area contributed by atoms with Crippen LogP contribution >= 0.6 is 0 Å². The Balaban J connectivity index is 2.91. The van der Waals surface area contributed by atoms with Gasteiger partial charge in [0.05, 0.1) is 0 Å². The molecule has 1 rings (SSSR count). The van der Waals surface area contributed by atoms with Crippen LogP contribution in [0.15, 0.2) is 36.9 Å². The van der Waals surface area contributed by atoms with Gasteiger partial charge in [0, 0.05) is 0 Å². The van der Waals surface area contributed by atoms with Gasteiger partial charge in [-0.2, -0.15) is 0 Å². The summed E-state index contributed by atoms with van der Waals surface area (Å²) in [5, 5.41) is 0. The minimum absolute atomic E-state index is 1.11. The van der Waals surface area contributed by atoms with Crippen molar-refractivity contribution in [2.24, 2.45) is 0 Å². The lowest BCUT2D eigenvalue weighted by atomic mass is 10.1. The Morgan fingerprint density at radius 1 is 1.27 bits per heavy atom. The van der Waals surface area contributed by atoms with E-state index in [0.29, 0.717) is 0 Å². The summed E-state index contributed by atoms with van der Waals surface area (Å²) >= 11 is 0. The summed E-state index contributed by atoms with van der Waals surface area (Å²) in [5.74, 6) is 0. The summed E-state index contributed by atoms with van der Waals surface area (Å²) in [5.41, 5.74) is 2.25. The quantitative estimate of drug-likeness (QED) is 0.597. The minimum atomic E-state index is 1.11. The van der Waals surface area contributed by atoms with Crippen LogP contribution in [0, 0.1) is 6.08 Å². The number of hydrogen-bond donors (Lipinski definition) is 0. The summed E-state index contributed by atoms with van der Waals surface area (Å²) in [6.07, 6.45) is 6.84. The summed E-state index contributed by atoms with van der Waals surface area (Å²) in [4.78, 5) is 0. The van der Waals surface area contributed by atoms with E-state index < -0.39 is 0 Å². The minimum Gasteiger partial charge on any atom is -0.0985 e. The first-order valence-electron chi connectivity index (χ1n) is 3.63. The Morgan fingerprint density at radius 3 is 2.36 bits per heavy atom. The molecule has 11 heavy (non-hydrogen) atoms. The number of allylic oxidation sites excluding steroid dienone is 1. The Labute approximate surface area is 67.9 Å². The summed E-state index contributed by atoms with van der Waals surface area (Å²) in [6, 6.07) is 8.10. The predicted octanol–water partition coefficient (Wildman–Crippen LogP) is 3.06. The van der Waals surface area contributed by atoms with Gasteiger partial charge >= 0.3 is 0 Å². The van der Waals surface area contributed by atoms with Crippen LogP contribution in [0.25, 0.3) is 6.08 Å². The lowest BCUT2D eigenvalue weighted by Crippen LogP contribution is -1.74. The third-order valence-electron chi connectivity index (χ3n) is 1.46.